The Kier molecular flexibility index (Phi) is 4.62. The van der Waals surface area contributed by atoms with Gasteiger partial charge in [-0.2, -0.15) is 0 Å². The highest BCUT2D eigenvalue weighted by Crippen LogP contribution is 2.33. The van der Waals surface area contributed by atoms with Crippen molar-refractivity contribution in [2.45, 2.75) is 44.1 Å². The molecule has 1 aliphatic rings. The molecule has 21 heavy (non-hydrogen) atoms. The maximum absolute atomic E-state index is 9.80. The highest BCUT2D eigenvalue weighted by Gasteiger charge is 2.21. The average molecular weight is 301 g/mol. The van der Waals surface area contributed by atoms with Gasteiger partial charge < -0.3 is 5.11 Å². The fraction of sp³-hybridized carbons (Fsp3) is 0.368. The second kappa shape index (κ2) is 6.64. The minimum atomic E-state index is -0.113. The summed E-state index contributed by atoms with van der Waals surface area (Å²) in [6.07, 6.45) is 5.04. The number of benzene rings is 2. The molecule has 0 amide bonds. The SMILES string of the molecule is OC1CCCC(c2ccc(Cc3ccc(Cl)cc3)cc2)C1. The zero-order valence-electron chi connectivity index (χ0n) is 12.1. The summed E-state index contributed by atoms with van der Waals surface area (Å²) in [5, 5.41) is 10.6. The van der Waals surface area contributed by atoms with Gasteiger partial charge in [-0.05, 0) is 60.4 Å². The predicted molar refractivity (Wildman–Crippen MR) is 87.9 cm³/mol. The van der Waals surface area contributed by atoms with E-state index in [0.29, 0.717) is 5.92 Å². The Morgan fingerprint density at radius 1 is 0.905 bits per heavy atom. The molecule has 0 spiro atoms. The van der Waals surface area contributed by atoms with Crippen LogP contribution in [0.3, 0.4) is 0 Å². The Hall–Kier alpha value is -1.31. The van der Waals surface area contributed by atoms with Crippen molar-refractivity contribution in [3.05, 3.63) is 70.2 Å². The van der Waals surface area contributed by atoms with Crippen molar-refractivity contribution in [2.75, 3.05) is 0 Å². The lowest BCUT2D eigenvalue weighted by Crippen LogP contribution is -2.18. The van der Waals surface area contributed by atoms with Crippen LogP contribution in [0.25, 0.3) is 0 Å². The van der Waals surface area contributed by atoms with E-state index in [1.165, 1.54) is 23.1 Å². The quantitative estimate of drug-likeness (QED) is 0.850. The van der Waals surface area contributed by atoms with Crippen LogP contribution < -0.4 is 0 Å². The molecular formula is C19H21ClO. The minimum absolute atomic E-state index is 0.113. The molecule has 3 rings (SSSR count). The molecule has 1 N–H and O–H groups in total. The molecule has 1 aliphatic carbocycles. The molecule has 1 fully saturated rings. The van der Waals surface area contributed by atoms with Crippen LogP contribution in [-0.2, 0) is 6.42 Å². The monoisotopic (exact) mass is 300 g/mol. The summed E-state index contributed by atoms with van der Waals surface area (Å²) < 4.78 is 0. The first-order valence-electron chi connectivity index (χ1n) is 7.72. The van der Waals surface area contributed by atoms with Gasteiger partial charge >= 0.3 is 0 Å². The number of aliphatic hydroxyl groups excluding tert-OH is 1. The molecule has 2 aromatic carbocycles. The molecule has 0 aliphatic heterocycles. The third-order valence-electron chi connectivity index (χ3n) is 4.42. The maximum Gasteiger partial charge on any atom is 0.0546 e. The van der Waals surface area contributed by atoms with Crippen molar-refractivity contribution in [1.29, 1.82) is 0 Å². The summed E-state index contributed by atoms with van der Waals surface area (Å²) in [7, 11) is 0. The normalized spacial score (nSPS) is 22.2. The van der Waals surface area contributed by atoms with Crippen molar-refractivity contribution in [3.63, 3.8) is 0 Å². The van der Waals surface area contributed by atoms with Crippen LogP contribution in [0.4, 0.5) is 0 Å². The molecule has 0 saturated heterocycles. The summed E-state index contributed by atoms with van der Waals surface area (Å²) in [6.45, 7) is 0. The van der Waals surface area contributed by atoms with Crippen molar-refractivity contribution in [1.82, 2.24) is 0 Å². The van der Waals surface area contributed by atoms with Crippen LogP contribution in [-0.4, -0.2) is 11.2 Å². The van der Waals surface area contributed by atoms with Gasteiger partial charge in [0, 0.05) is 5.02 Å². The van der Waals surface area contributed by atoms with Crippen LogP contribution in [0.1, 0.15) is 48.3 Å². The molecular weight excluding hydrogens is 280 g/mol. The third kappa shape index (κ3) is 3.87. The second-order valence-electron chi connectivity index (χ2n) is 6.06. The Morgan fingerprint density at radius 2 is 1.52 bits per heavy atom. The third-order valence-corrected chi connectivity index (χ3v) is 4.67. The Labute approximate surface area is 131 Å². The molecule has 0 bridgehead atoms. The van der Waals surface area contributed by atoms with Gasteiger partial charge in [-0.1, -0.05) is 54.4 Å². The van der Waals surface area contributed by atoms with E-state index in [4.69, 9.17) is 11.6 Å². The van der Waals surface area contributed by atoms with Gasteiger partial charge in [0.25, 0.3) is 0 Å². The molecule has 2 unspecified atom stereocenters. The van der Waals surface area contributed by atoms with Crippen LogP contribution in [0.15, 0.2) is 48.5 Å². The molecule has 1 saturated carbocycles. The highest BCUT2D eigenvalue weighted by molar-refractivity contribution is 6.30. The smallest absolute Gasteiger partial charge is 0.0546 e. The van der Waals surface area contributed by atoms with Crippen molar-refractivity contribution in [3.8, 4) is 0 Å². The summed E-state index contributed by atoms with van der Waals surface area (Å²) in [5.41, 5.74) is 3.96. The van der Waals surface area contributed by atoms with Gasteiger partial charge in [0.05, 0.1) is 6.10 Å². The predicted octanol–water partition coefficient (Wildman–Crippen LogP) is 4.95. The molecule has 1 nitrogen and oxygen atoms in total. The fourth-order valence-electron chi connectivity index (χ4n) is 3.21. The van der Waals surface area contributed by atoms with Gasteiger partial charge in [-0.25, -0.2) is 0 Å². The number of halogens is 1. The Morgan fingerprint density at radius 3 is 2.14 bits per heavy atom. The lowest BCUT2D eigenvalue weighted by molar-refractivity contribution is 0.119. The first-order chi connectivity index (χ1) is 10.2. The second-order valence-corrected chi connectivity index (χ2v) is 6.50. The van der Waals surface area contributed by atoms with E-state index in [-0.39, 0.29) is 6.10 Å². The zero-order chi connectivity index (χ0) is 14.7. The zero-order valence-corrected chi connectivity index (χ0v) is 12.9. The summed E-state index contributed by atoms with van der Waals surface area (Å²) >= 11 is 5.91. The Bertz CT molecular complexity index is 574. The molecule has 110 valence electrons. The first-order valence-corrected chi connectivity index (χ1v) is 8.10. The number of hydrogen-bond donors (Lipinski definition) is 1. The number of hydrogen-bond acceptors (Lipinski definition) is 1. The highest BCUT2D eigenvalue weighted by atomic mass is 35.5. The van der Waals surface area contributed by atoms with E-state index in [9.17, 15) is 5.11 Å². The molecule has 2 aromatic rings. The maximum atomic E-state index is 9.80. The van der Waals surface area contributed by atoms with Crippen molar-refractivity contribution in [2.24, 2.45) is 0 Å². The van der Waals surface area contributed by atoms with Crippen molar-refractivity contribution >= 4 is 11.6 Å². The van der Waals surface area contributed by atoms with Gasteiger partial charge in [-0.3, -0.25) is 0 Å². The van der Waals surface area contributed by atoms with Crippen LogP contribution in [0.2, 0.25) is 5.02 Å². The molecule has 2 atom stereocenters. The molecule has 0 aromatic heterocycles. The van der Waals surface area contributed by atoms with Crippen LogP contribution in [0.5, 0.6) is 0 Å². The summed E-state index contributed by atoms with van der Waals surface area (Å²) in [5.74, 6) is 0.526. The van der Waals surface area contributed by atoms with Crippen molar-refractivity contribution < 1.29 is 5.11 Å². The lowest BCUT2D eigenvalue weighted by atomic mass is 9.82. The number of rotatable bonds is 3. The van der Waals surface area contributed by atoms with E-state index >= 15 is 0 Å². The average Bonchev–Trinajstić information content (AvgIpc) is 2.50. The minimum Gasteiger partial charge on any atom is -0.393 e. The van der Waals surface area contributed by atoms with E-state index in [2.05, 4.69) is 36.4 Å². The van der Waals surface area contributed by atoms with E-state index in [1.807, 2.05) is 12.1 Å². The van der Waals surface area contributed by atoms with Gasteiger partial charge in [-0.15, -0.1) is 0 Å². The van der Waals surface area contributed by atoms with Gasteiger partial charge in [0.2, 0.25) is 0 Å². The topological polar surface area (TPSA) is 20.2 Å². The fourth-order valence-corrected chi connectivity index (χ4v) is 3.34. The van der Waals surface area contributed by atoms with E-state index in [0.717, 1.165) is 30.7 Å². The molecule has 2 heteroatoms. The Balaban J connectivity index is 1.67. The van der Waals surface area contributed by atoms with E-state index in [1.54, 1.807) is 0 Å². The lowest BCUT2D eigenvalue weighted by Gasteiger charge is -2.26. The molecule has 0 heterocycles. The van der Waals surface area contributed by atoms with Crippen LogP contribution >= 0.6 is 11.6 Å². The number of aliphatic hydroxyl groups is 1. The standard InChI is InChI=1S/C19H21ClO/c20-18-10-6-15(7-11-18)12-14-4-8-16(9-5-14)17-2-1-3-19(21)13-17/h4-11,17,19,21H,1-3,12-13H2. The van der Waals surface area contributed by atoms with Gasteiger partial charge in [0.1, 0.15) is 0 Å². The largest absolute Gasteiger partial charge is 0.393 e. The van der Waals surface area contributed by atoms with Gasteiger partial charge in [0.15, 0.2) is 0 Å². The van der Waals surface area contributed by atoms with E-state index < -0.39 is 0 Å². The summed E-state index contributed by atoms with van der Waals surface area (Å²) in [4.78, 5) is 0. The van der Waals surface area contributed by atoms with Crippen LogP contribution in [0, 0.1) is 0 Å². The molecule has 0 radical (unpaired) electrons. The summed E-state index contributed by atoms with van der Waals surface area (Å²) in [6, 6.07) is 16.9. The first kappa shape index (κ1) is 14.6.